The van der Waals surface area contributed by atoms with Gasteiger partial charge in [-0.15, -0.1) is 0 Å². The molecule has 0 radical (unpaired) electrons. The molecule has 0 unspecified atom stereocenters. The van der Waals surface area contributed by atoms with E-state index in [1.165, 1.54) is 22.6 Å². The van der Waals surface area contributed by atoms with Gasteiger partial charge in [0.15, 0.2) is 0 Å². The predicted molar refractivity (Wildman–Crippen MR) is 96.8 cm³/mol. The summed E-state index contributed by atoms with van der Waals surface area (Å²) in [4.78, 5) is 6.72. The fourth-order valence-electron chi connectivity index (χ4n) is 2.94. The molecule has 3 rings (SSSR count). The summed E-state index contributed by atoms with van der Waals surface area (Å²) in [6.45, 7) is 0. The first-order valence-electron chi connectivity index (χ1n) is 7.58. The van der Waals surface area contributed by atoms with E-state index in [-0.39, 0.29) is 6.17 Å². The van der Waals surface area contributed by atoms with Gasteiger partial charge in [-0.2, -0.15) is 0 Å². The molecule has 0 N–H and O–H groups in total. The quantitative estimate of drug-likeness (QED) is 0.855. The summed E-state index contributed by atoms with van der Waals surface area (Å²) in [5, 5.41) is 0. The summed E-state index contributed by atoms with van der Waals surface area (Å²) in [5.41, 5.74) is 5.01. The van der Waals surface area contributed by atoms with Gasteiger partial charge in [-0.1, -0.05) is 30.3 Å². The monoisotopic (exact) mass is 293 g/mol. The number of nitrogens with zero attached hydrogens (tertiary/aromatic N) is 3. The number of benzene rings is 2. The molecule has 0 spiro atoms. The van der Waals surface area contributed by atoms with Crippen molar-refractivity contribution in [2.75, 3.05) is 42.9 Å². The zero-order valence-electron chi connectivity index (χ0n) is 13.7. The van der Waals surface area contributed by atoms with Crippen molar-refractivity contribution in [1.29, 1.82) is 0 Å². The normalized spacial score (nSPS) is 14.7. The maximum absolute atomic E-state index is 2.31. The largest absolute Gasteiger partial charge is 0.378 e. The van der Waals surface area contributed by atoms with E-state index >= 15 is 0 Å². The van der Waals surface area contributed by atoms with Crippen molar-refractivity contribution in [2.45, 2.75) is 6.17 Å². The zero-order valence-corrected chi connectivity index (χ0v) is 13.7. The van der Waals surface area contributed by atoms with Gasteiger partial charge in [-0.25, -0.2) is 0 Å². The maximum atomic E-state index is 2.31. The standard InChI is InChI=1S/C19H23N3/c1-20(2)16-12-9-15(10-13-16)11-14-19-21(3)17-7-5-6-8-18(17)22(19)4/h5-14,19H,1-4H3. The fraction of sp³-hybridized carbons (Fsp3) is 0.263. The van der Waals surface area contributed by atoms with Crippen molar-refractivity contribution in [1.82, 2.24) is 0 Å². The molecule has 2 aromatic rings. The maximum Gasteiger partial charge on any atom is 0.121 e. The second kappa shape index (κ2) is 5.76. The van der Waals surface area contributed by atoms with E-state index < -0.39 is 0 Å². The van der Waals surface area contributed by atoms with Crippen molar-refractivity contribution in [3.8, 4) is 0 Å². The third-order valence-electron chi connectivity index (χ3n) is 4.31. The molecule has 0 saturated heterocycles. The minimum Gasteiger partial charge on any atom is -0.378 e. The van der Waals surface area contributed by atoms with Crippen LogP contribution in [0.3, 0.4) is 0 Å². The molecule has 22 heavy (non-hydrogen) atoms. The molecular formula is C19H23N3. The van der Waals surface area contributed by atoms with E-state index in [1.54, 1.807) is 0 Å². The Labute approximate surface area is 133 Å². The Morgan fingerprint density at radius 1 is 0.864 bits per heavy atom. The Kier molecular flexibility index (Phi) is 3.80. The van der Waals surface area contributed by atoms with Crippen LogP contribution in [0.25, 0.3) is 6.08 Å². The third kappa shape index (κ3) is 2.54. The van der Waals surface area contributed by atoms with Gasteiger partial charge in [0, 0.05) is 33.9 Å². The van der Waals surface area contributed by atoms with Crippen LogP contribution in [-0.2, 0) is 0 Å². The number of anilines is 3. The highest BCUT2D eigenvalue weighted by Gasteiger charge is 2.28. The molecule has 3 nitrogen and oxygen atoms in total. The average molecular weight is 293 g/mol. The van der Waals surface area contributed by atoms with E-state index in [1.807, 2.05) is 0 Å². The molecule has 0 aromatic heterocycles. The Morgan fingerprint density at radius 2 is 1.41 bits per heavy atom. The van der Waals surface area contributed by atoms with Crippen LogP contribution in [0.1, 0.15) is 5.56 Å². The average Bonchev–Trinajstić information content (AvgIpc) is 2.78. The second-order valence-corrected chi connectivity index (χ2v) is 5.97. The van der Waals surface area contributed by atoms with Crippen LogP contribution < -0.4 is 14.7 Å². The smallest absolute Gasteiger partial charge is 0.121 e. The third-order valence-corrected chi connectivity index (χ3v) is 4.31. The van der Waals surface area contributed by atoms with Crippen molar-refractivity contribution in [3.63, 3.8) is 0 Å². The first-order chi connectivity index (χ1) is 10.6. The lowest BCUT2D eigenvalue weighted by Crippen LogP contribution is -2.37. The van der Waals surface area contributed by atoms with Gasteiger partial charge in [0.2, 0.25) is 0 Å². The summed E-state index contributed by atoms with van der Waals surface area (Å²) < 4.78 is 0. The van der Waals surface area contributed by atoms with Crippen molar-refractivity contribution in [2.24, 2.45) is 0 Å². The van der Waals surface area contributed by atoms with Gasteiger partial charge >= 0.3 is 0 Å². The molecule has 1 heterocycles. The highest BCUT2D eigenvalue weighted by molar-refractivity contribution is 5.78. The van der Waals surface area contributed by atoms with Gasteiger partial charge in [0.05, 0.1) is 11.4 Å². The summed E-state index contributed by atoms with van der Waals surface area (Å²) in [5.74, 6) is 0. The van der Waals surface area contributed by atoms with Crippen molar-refractivity contribution < 1.29 is 0 Å². The molecule has 3 heteroatoms. The van der Waals surface area contributed by atoms with Crippen LogP contribution >= 0.6 is 0 Å². The Hall–Kier alpha value is -2.42. The first kappa shape index (κ1) is 14.5. The number of likely N-dealkylation sites (N-methyl/N-ethyl adjacent to an activating group) is 2. The van der Waals surface area contributed by atoms with Gasteiger partial charge < -0.3 is 14.7 Å². The summed E-state index contributed by atoms with van der Waals surface area (Å²) >= 11 is 0. The lowest BCUT2D eigenvalue weighted by atomic mass is 10.1. The fourth-order valence-corrected chi connectivity index (χ4v) is 2.94. The van der Waals surface area contributed by atoms with E-state index in [9.17, 15) is 0 Å². The second-order valence-electron chi connectivity index (χ2n) is 5.97. The van der Waals surface area contributed by atoms with E-state index in [0.717, 1.165) is 0 Å². The van der Waals surface area contributed by atoms with Gasteiger partial charge in [0.1, 0.15) is 6.17 Å². The minimum atomic E-state index is 0.255. The SMILES string of the molecule is CN(C)c1ccc(C=CC2N(C)c3ccccc3N2C)cc1. The number of hydrogen-bond donors (Lipinski definition) is 0. The highest BCUT2D eigenvalue weighted by Crippen LogP contribution is 2.37. The number of fused-ring (bicyclic) bond motifs is 1. The number of rotatable bonds is 3. The number of hydrogen-bond acceptors (Lipinski definition) is 3. The highest BCUT2D eigenvalue weighted by atomic mass is 15.4. The molecule has 114 valence electrons. The van der Waals surface area contributed by atoms with Crippen molar-refractivity contribution >= 4 is 23.1 Å². The van der Waals surface area contributed by atoms with Crippen LogP contribution in [0, 0.1) is 0 Å². The zero-order chi connectivity index (χ0) is 15.7. The summed E-state index contributed by atoms with van der Waals surface area (Å²) in [6, 6.07) is 17.1. The molecule has 1 aliphatic heterocycles. The van der Waals surface area contributed by atoms with Gasteiger partial charge in [0.25, 0.3) is 0 Å². The van der Waals surface area contributed by atoms with Gasteiger partial charge in [-0.3, -0.25) is 0 Å². The van der Waals surface area contributed by atoms with Gasteiger partial charge in [-0.05, 0) is 35.9 Å². The van der Waals surface area contributed by atoms with Crippen molar-refractivity contribution in [3.05, 3.63) is 60.2 Å². The molecule has 0 saturated carbocycles. The first-order valence-corrected chi connectivity index (χ1v) is 7.58. The van der Waals surface area contributed by atoms with E-state index in [0.29, 0.717) is 0 Å². The summed E-state index contributed by atoms with van der Waals surface area (Å²) in [7, 11) is 8.41. The van der Waals surface area contributed by atoms with Crippen LogP contribution in [0.5, 0.6) is 0 Å². The molecule has 2 aromatic carbocycles. The molecular weight excluding hydrogens is 270 g/mol. The van der Waals surface area contributed by atoms with Crippen LogP contribution in [0.15, 0.2) is 54.6 Å². The summed E-state index contributed by atoms with van der Waals surface area (Å²) in [6.07, 6.45) is 4.71. The Bertz CT molecular complexity index is 644. The number of para-hydroxylation sites is 2. The van der Waals surface area contributed by atoms with Crippen LogP contribution in [-0.4, -0.2) is 34.4 Å². The molecule has 0 aliphatic carbocycles. The predicted octanol–water partition coefficient (Wildman–Crippen LogP) is 3.68. The minimum absolute atomic E-state index is 0.255. The lowest BCUT2D eigenvalue weighted by Gasteiger charge is -2.24. The molecule has 0 atom stereocenters. The van der Waals surface area contributed by atoms with E-state index in [4.69, 9.17) is 0 Å². The lowest BCUT2D eigenvalue weighted by molar-refractivity contribution is 0.777. The topological polar surface area (TPSA) is 9.72 Å². The molecule has 0 fully saturated rings. The Balaban J connectivity index is 1.79. The van der Waals surface area contributed by atoms with Crippen LogP contribution in [0.2, 0.25) is 0 Å². The molecule has 0 bridgehead atoms. The van der Waals surface area contributed by atoms with Crippen LogP contribution in [0.4, 0.5) is 17.1 Å². The molecule has 0 amide bonds. The molecule has 1 aliphatic rings. The van der Waals surface area contributed by atoms with E-state index in [2.05, 4.69) is 104 Å². The Morgan fingerprint density at radius 3 is 1.91 bits per heavy atom.